The molecule has 0 aliphatic heterocycles. The van der Waals surface area contributed by atoms with E-state index in [-0.39, 0.29) is 21.6 Å². The zero-order chi connectivity index (χ0) is 22.7. The molecule has 30 heavy (non-hydrogen) atoms. The van der Waals surface area contributed by atoms with Crippen molar-refractivity contribution in [3.05, 3.63) is 56.6 Å². The van der Waals surface area contributed by atoms with Gasteiger partial charge < -0.3 is 10.2 Å². The van der Waals surface area contributed by atoms with Gasteiger partial charge in [0.05, 0.1) is 5.02 Å². The summed E-state index contributed by atoms with van der Waals surface area (Å²) in [5, 5.41) is 21.5. The second-order valence-electron chi connectivity index (χ2n) is 9.44. The lowest BCUT2D eigenvalue weighted by Crippen LogP contribution is -2.17. The van der Waals surface area contributed by atoms with Crippen LogP contribution < -0.4 is 0 Å². The molecule has 2 N–H and O–H groups in total. The first-order chi connectivity index (χ1) is 13.8. The Labute approximate surface area is 194 Å². The maximum absolute atomic E-state index is 10.9. The van der Waals surface area contributed by atoms with Crippen LogP contribution in [0, 0.1) is 0 Å². The molecular weight excluding hydrogens is 437 g/mol. The van der Waals surface area contributed by atoms with E-state index in [2.05, 4.69) is 58.7 Å². The molecule has 2 rings (SSSR count). The van der Waals surface area contributed by atoms with Crippen molar-refractivity contribution in [1.82, 2.24) is 0 Å². The average molecular weight is 468 g/mol. The van der Waals surface area contributed by atoms with E-state index in [1.165, 1.54) is 11.6 Å². The Morgan fingerprint density at radius 1 is 0.933 bits per heavy atom. The molecule has 0 atom stereocenters. The van der Waals surface area contributed by atoms with Crippen molar-refractivity contribution in [2.45, 2.75) is 58.1 Å². The zero-order valence-corrected chi connectivity index (χ0v) is 20.8. The summed E-state index contributed by atoms with van der Waals surface area (Å²) >= 11 is 13.6. The van der Waals surface area contributed by atoms with Crippen LogP contribution in [0.4, 0.5) is 0 Å². The summed E-state index contributed by atoms with van der Waals surface area (Å²) in [6.07, 6.45) is 1.59. The highest BCUT2D eigenvalue weighted by molar-refractivity contribution is 7.98. The van der Waals surface area contributed by atoms with Gasteiger partial charge in [0.15, 0.2) is 0 Å². The Balaban J connectivity index is 2.06. The lowest BCUT2D eigenvalue weighted by Gasteiger charge is -2.27. The van der Waals surface area contributed by atoms with Crippen LogP contribution in [0.25, 0.3) is 0 Å². The van der Waals surface area contributed by atoms with Gasteiger partial charge in [0.25, 0.3) is 0 Å². The van der Waals surface area contributed by atoms with Gasteiger partial charge in [-0.25, -0.2) is 0 Å². The number of hydrogen-bond acceptors (Lipinski definition) is 4. The molecule has 6 heteroatoms. The van der Waals surface area contributed by atoms with E-state index in [1.807, 2.05) is 0 Å². The summed E-state index contributed by atoms with van der Waals surface area (Å²) < 4.78 is 0. The first kappa shape index (κ1) is 24.9. The summed E-state index contributed by atoms with van der Waals surface area (Å²) in [7, 11) is 0. The summed E-state index contributed by atoms with van der Waals surface area (Å²) in [4.78, 5) is 4.37. The predicted molar refractivity (Wildman–Crippen MR) is 132 cm³/mol. The SMILES string of the molecule is CC(C)(C)c1cc(CSCCN=Cc2cc(Cl)cc(Cl)c2O)c(O)c(C(C)(C)C)c1. The molecule has 3 nitrogen and oxygen atoms in total. The van der Waals surface area contributed by atoms with Crippen molar-refractivity contribution in [2.75, 3.05) is 12.3 Å². The molecule has 0 spiro atoms. The fraction of sp³-hybridized carbons (Fsp3) is 0.458. The van der Waals surface area contributed by atoms with Crippen molar-refractivity contribution in [3.8, 4) is 11.5 Å². The zero-order valence-electron chi connectivity index (χ0n) is 18.5. The van der Waals surface area contributed by atoms with Gasteiger partial charge in [-0.15, -0.1) is 0 Å². The van der Waals surface area contributed by atoms with Crippen molar-refractivity contribution in [3.63, 3.8) is 0 Å². The van der Waals surface area contributed by atoms with Gasteiger partial charge in [-0.3, -0.25) is 4.99 Å². The normalized spacial score (nSPS) is 12.7. The second kappa shape index (κ2) is 9.84. The molecule has 0 saturated heterocycles. The van der Waals surface area contributed by atoms with Crippen molar-refractivity contribution in [2.24, 2.45) is 4.99 Å². The lowest BCUT2D eigenvalue weighted by atomic mass is 9.79. The Kier molecular flexibility index (Phi) is 8.17. The predicted octanol–water partition coefficient (Wildman–Crippen LogP) is 7.35. The number of nitrogens with zero attached hydrogens (tertiary/aromatic N) is 1. The Bertz CT molecular complexity index is 928. The first-order valence-electron chi connectivity index (χ1n) is 9.93. The third-order valence-corrected chi connectivity index (χ3v) is 6.27. The third kappa shape index (κ3) is 6.57. The molecule has 0 aromatic heterocycles. The number of aliphatic imine (C=N–C) groups is 1. The highest BCUT2D eigenvalue weighted by atomic mass is 35.5. The van der Waals surface area contributed by atoms with E-state index >= 15 is 0 Å². The van der Waals surface area contributed by atoms with Crippen LogP contribution >= 0.6 is 35.0 Å². The van der Waals surface area contributed by atoms with Crippen molar-refractivity contribution >= 4 is 41.2 Å². The van der Waals surface area contributed by atoms with Crippen LogP contribution in [-0.2, 0) is 16.6 Å². The smallest absolute Gasteiger partial charge is 0.143 e. The molecular formula is C24H31Cl2NO2S. The molecule has 0 saturated carbocycles. The van der Waals surface area contributed by atoms with E-state index in [4.69, 9.17) is 23.2 Å². The summed E-state index contributed by atoms with van der Waals surface area (Å²) in [5.74, 6) is 1.87. The summed E-state index contributed by atoms with van der Waals surface area (Å²) in [5.41, 5.74) is 3.56. The minimum absolute atomic E-state index is 0.0116. The van der Waals surface area contributed by atoms with E-state index in [0.717, 1.165) is 16.9 Å². The van der Waals surface area contributed by atoms with Crippen LogP contribution in [0.2, 0.25) is 10.0 Å². The van der Waals surface area contributed by atoms with E-state index < -0.39 is 0 Å². The number of rotatable bonds is 6. The number of benzene rings is 2. The number of phenolic OH excluding ortho intramolecular Hbond substituents is 2. The Morgan fingerprint density at radius 2 is 1.60 bits per heavy atom. The lowest BCUT2D eigenvalue weighted by molar-refractivity contribution is 0.440. The van der Waals surface area contributed by atoms with E-state index in [0.29, 0.717) is 28.6 Å². The first-order valence-corrected chi connectivity index (χ1v) is 11.8. The molecule has 164 valence electrons. The number of aromatic hydroxyl groups is 2. The van der Waals surface area contributed by atoms with Gasteiger partial charge in [0.1, 0.15) is 11.5 Å². The fourth-order valence-electron chi connectivity index (χ4n) is 2.96. The summed E-state index contributed by atoms with van der Waals surface area (Å²) in [6.45, 7) is 13.5. The molecule has 2 aromatic carbocycles. The van der Waals surface area contributed by atoms with Crippen molar-refractivity contribution < 1.29 is 10.2 Å². The van der Waals surface area contributed by atoms with Gasteiger partial charge in [-0.05, 0) is 34.1 Å². The highest BCUT2D eigenvalue weighted by Crippen LogP contribution is 2.39. The third-order valence-electron chi connectivity index (χ3n) is 4.77. The monoisotopic (exact) mass is 467 g/mol. The maximum atomic E-state index is 10.9. The van der Waals surface area contributed by atoms with Crippen molar-refractivity contribution in [1.29, 1.82) is 0 Å². The minimum Gasteiger partial charge on any atom is -0.507 e. The van der Waals surface area contributed by atoms with Crippen LogP contribution in [0.15, 0.2) is 29.3 Å². The Morgan fingerprint density at radius 3 is 2.20 bits per heavy atom. The van der Waals surface area contributed by atoms with Crippen LogP contribution in [0.1, 0.15) is 63.8 Å². The quantitative estimate of drug-likeness (QED) is 0.344. The second-order valence-corrected chi connectivity index (χ2v) is 11.4. The topological polar surface area (TPSA) is 52.8 Å². The average Bonchev–Trinajstić information content (AvgIpc) is 2.60. The number of hydrogen-bond donors (Lipinski definition) is 2. The number of halogens is 2. The van der Waals surface area contributed by atoms with Gasteiger partial charge >= 0.3 is 0 Å². The molecule has 2 aromatic rings. The molecule has 0 radical (unpaired) electrons. The molecule has 0 fully saturated rings. The Hall–Kier alpha value is -1.36. The van der Waals surface area contributed by atoms with Crippen LogP contribution in [-0.4, -0.2) is 28.7 Å². The van der Waals surface area contributed by atoms with Gasteiger partial charge in [-0.1, -0.05) is 76.9 Å². The van der Waals surface area contributed by atoms with Crippen LogP contribution in [0.5, 0.6) is 11.5 Å². The molecule has 0 unspecified atom stereocenters. The number of phenols is 2. The molecule has 0 aliphatic carbocycles. The standard InChI is InChI=1S/C24H31Cl2NO2S/c1-23(2,3)17-9-16(21(28)19(11-17)24(4,5)6)14-30-8-7-27-13-15-10-18(25)12-20(26)22(15)29/h9-13,28-29H,7-8,14H2,1-6H3. The van der Waals surface area contributed by atoms with E-state index in [9.17, 15) is 10.2 Å². The fourth-order valence-corrected chi connectivity index (χ4v) is 4.28. The van der Waals surface area contributed by atoms with Gasteiger partial charge in [0, 0.05) is 40.4 Å². The van der Waals surface area contributed by atoms with Gasteiger partial charge in [0.2, 0.25) is 0 Å². The molecule has 0 amide bonds. The van der Waals surface area contributed by atoms with Crippen LogP contribution in [0.3, 0.4) is 0 Å². The molecule has 0 bridgehead atoms. The van der Waals surface area contributed by atoms with Gasteiger partial charge in [-0.2, -0.15) is 11.8 Å². The molecule has 0 heterocycles. The highest BCUT2D eigenvalue weighted by Gasteiger charge is 2.24. The maximum Gasteiger partial charge on any atom is 0.143 e. The minimum atomic E-state index is -0.130. The molecule has 0 aliphatic rings. The van der Waals surface area contributed by atoms with E-state index in [1.54, 1.807) is 24.0 Å². The largest absolute Gasteiger partial charge is 0.507 e. The number of thioether (sulfide) groups is 1. The summed E-state index contributed by atoms with van der Waals surface area (Å²) in [6, 6.07) is 7.38.